The van der Waals surface area contributed by atoms with E-state index in [0.29, 0.717) is 15.8 Å². The van der Waals surface area contributed by atoms with Gasteiger partial charge in [-0.2, -0.15) is 0 Å². The minimum absolute atomic E-state index is 0.322. The largest absolute Gasteiger partial charge is 0.245 e. The molecule has 0 saturated carbocycles. The minimum Gasteiger partial charge on any atom is -0.245 e. The number of aryl methyl sites for hydroxylation is 2. The van der Waals surface area contributed by atoms with Crippen LogP contribution in [0, 0.1) is 19.7 Å². The molecule has 94 valence electrons. The minimum atomic E-state index is -0.364. The fourth-order valence-corrected chi connectivity index (χ4v) is 2.75. The Morgan fingerprint density at radius 2 is 1.83 bits per heavy atom. The zero-order valence-corrected chi connectivity index (χ0v) is 11.8. The topological polar surface area (TPSA) is 12.9 Å². The Bertz CT molecular complexity index is 551. The van der Waals surface area contributed by atoms with Crippen LogP contribution in [0.25, 0.3) is 0 Å². The molecule has 0 bridgehead atoms. The van der Waals surface area contributed by atoms with Crippen LogP contribution in [0.5, 0.6) is 0 Å². The molecular weight excluding hydrogens is 269 g/mol. The molecule has 0 fully saturated rings. The van der Waals surface area contributed by atoms with Crippen LogP contribution in [-0.2, 0) is 5.75 Å². The van der Waals surface area contributed by atoms with Gasteiger partial charge in [0.2, 0.25) is 0 Å². The van der Waals surface area contributed by atoms with Gasteiger partial charge in [0.05, 0.1) is 5.02 Å². The van der Waals surface area contributed by atoms with E-state index in [1.54, 1.807) is 0 Å². The second kappa shape index (κ2) is 5.72. The van der Waals surface area contributed by atoms with Crippen molar-refractivity contribution in [3.8, 4) is 0 Å². The van der Waals surface area contributed by atoms with Crippen LogP contribution >= 0.6 is 23.4 Å². The molecule has 0 amide bonds. The standard InChI is InChI=1S/C14H13ClFNS/c1-9-3-10(2)5-11(4-9)8-18-14-13(16)6-12(15)7-17-14/h3-7H,8H2,1-2H3. The van der Waals surface area contributed by atoms with Gasteiger partial charge >= 0.3 is 0 Å². The molecule has 2 rings (SSSR count). The van der Waals surface area contributed by atoms with Crippen molar-refractivity contribution in [1.29, 1.82) is 0 Å². The Morgan fingerprint density at radius 3 is 2.44 bits per heavy atom. The zero-order chi connectivity index (χ0) is 13.1. The zero-order valence-electron chi connectivity index (χ0n) is 10.2. The van der Waals surface area contributed by atoms with Gasteiger partial charge in [0.25, 0.3) is 0 Å². The lowest BCUT2D eigenvalue weighted by Crippen LogP contribution is -1.89. The van der Waals surface area contributed by atoms with Crippen molar-refractivity contribution in [2.45, 2.75) is 24.6 Å². The molecule has 2 aromatic rings. The fraction of sp³-hybridized carbons (Fsp3) is 0.214. The number of rotatable bonds is 3. The number of aromatic nitrogens is 1. The molecule has 0 saturated heterocycles. The van der Waals surface area contributed by atoms with Crippen LogP contribution in [0.4, 0.5) is 4.39 Å². The third kappa shape index (κ3) is 3.47. The summed E-state index contributed by atoms with van der Waals surface area (Å²) in [6.45, 7) is 4.12. The summed E-state index contributed by atoms with van der Waals surface area (Å²) in [6.07, 6.45) is 1.47. The number of benzene rings is 1. The Balaban J connectivity index is 2.11. The first-order chi connectivity index (χ1) is 8.54. The highest BCUT2D eigenvalue weighted by atomic mass is 35.5. The highest BCUT2D eigenvalue weighted by molar-refractivity contribution is 7.98. The van der Waals surface area contributed by atoms with E-state index in [1.165, 1.54) is 40.7 Å². The molecule has 1 heterocycles. The summed E-state index contributed by atoms with van der Waals surface area (Å²) >= 11 is 7.05. The van der Waals surface area contributed by atoms with Crippen molar-refractivity contribution < 1.29 is 4.39 Å². The third-order valence-electron chi connectivity index (χ3n) is 2.43. The third-order valence-corrected chi connectivity index (χ3v) is 3.69. The van der Waals surface area contributed by atoms with E-state index in [0.717, 1.165) is 0 Å². The molecule has 0 aliphatic carbocycles. The lowest BCUT2D eigenvalue weighted by molar-refractivity contribution is 0.588. The van der Waals surface area contributed by atoms with Crippen LogP contribution < -0.4 is 0 Å². The van der Waals surface area contributed by atoms with Gasteiger partial charge in [-0.3, -0.25) is 0 Å². The Kier molecular flexibility index (Phi) is 4.25. The predicted octanol–water partition coefficient (Wildman–Crippen LogP) is 4.78. The Hall–Kier alpha value is -1.06. The maximum Gasteiger partial charge on any atom is 0.156 e. The lowest BCUT2D eigenvalue weighted by Gasteiger charge is -2.05. The van der Waals surface area contributed by atoms with Crippen LogP contribution in [-0.4, -0.2) is 4.98 Å². The second-order valence-electron chi connectivity index (χ2n) is 4.23. The molecule has 0 atom stereocenters. The van der Waals surface area contributed by atoms with Crippen LogP contribution in [0.1, 0.15) is 16.7 Å². The molecule has 0 N–H and O–H groups in total. The number of hydrogen-bond acceptors (Lipinski definition) is 2. The molecule has 0 aliphatic rings. The van der Waals surface area contributed by atoms with E-state index in [2.05, 4.69) is 37.0 Å². The van der Waals surface area contributed by atoms with Crippen LogP contribution in [0.3, 0.4) is 0 Å². The first-order valence-corrected chi connectivity index (χ1v) is 6.92. The summed E-state index contributed by atoms with van der Waals surface area (Å²) in [4.78, 5) is 3.99. The summed E-state index contributed by atoms with van der Waals surface area (Å²) in [6, 6.07) is 7.62. The molecule has 0 aliphatic heterocycles. The number of pyridine rings is 1. The van der Waals surface area contributed by atoms with Crippen molar-refractivity contribution in [3.63, 3.8) is 0 Å². The van der Waals surface area contributed by atoms with Crippen molar-refractivity contribution >= 4 is 23.4 Å². The normalized spacial score (nSPS) is 10.7. The van der Waals surface area contributed by atoms with Crippen molar-refractivity contribution in [3.05, 3.63) is 58.0 Å². The Labute approximate surface area is 115 Å². The number of halogens is 2. The van der Waals surface area contributed by atoms with E-state index in [-0.39, 0.29) is 5.82 Å². The van der Waals surface area contributed by atoms with Gasteiger partial charge in [-0.05, 0) is 25.5 Å². The molecule has 1 aromatic carbocycles. The number of nitrogens with zero attached hydrogens (tertiary/aromatic N) is 1. The highest BCUT2D eigenvalue weighted by Crippen LogP contribution is 2.25. The van der Waals surface area contributed by atoms with Gasteiger partial charge in [0.1, 0.15) is 5.03 Å². The second-order valence-corrected chi connectivity index (χ2v) is 5.63. The molecule has 0 spiro atoms. The predicted molar refractivity (Wildman–Crippen MR) is 74.7 cm³/mol. The number of hydrogen-bond donors (Lipinski definition) is 0. The first kappa shape index (κ1) is 13.4. The smallest absolute Gasteiger partial charge is 0.156 e. The maximum absolute atomic E-state index is 13.5. The summed E-state index contributed by atoms with van der Waals surface area (Å²) in [5.41, 5.74) is 3.61. The van der Waals surface area contributed by atoms with Gasteiger partial charge in [-0.25, -0.2) is 9.37 Å². The first-order valence-electron chi connectivity index (χ1n) is 5.55. The maximum atomic E-state index is 13.5. The molecular formula is C14H13ClFNS. The monoisotopic (exact) mass is 281 g/mol. The van der Waals surface area contributed by atoms with E-state index in [9.17, 15) is 4.39 Å². The molecule has 4 heteroatoms. The quantitative estimate of drug-likeness (QED) is 0.751. The van der Waals surface area contributed by atoms with Gasteiger partial charge in [-0.15, -0.1) is 0 Å². The van der Waals surface area contributed by atoms with Crippen molar-refractivity contribution in [1.82, 2.24) is 4.98 Å². The fourth-order valence-electron chi connectivity index (χ4n) is 1.81. The highest BCUT2D eigenvalue weighted by Gasteiger charge is 2.06. The van der Waals surface area contributed by atoms with Crippen molar-refractivity contribution in [2.75, 3.05) is 0 Å². The van der Waals surface area contributed by atoms with Crippen LogP contribution in [0.2, 0.25) is 5.02 Å². The van der Waals surface area contributed by atoms with Gasteiger partial charge in [0.15, 0.2) is 5.82 Å². The van der Waals surface area contributed by atoms with E-state index >= 15 is 0 Å². The van der Waals surface area contributed by atoms with Gasteiger partial charge in [0, 0.05) is 11.9 Å². The molecule has 0 unspecified atom stereocenters. The SMILES string of the molecule is Cc1cc(C)cc(CSc2ncc(Cl)cc2F)c1. The van der Waals surface area contributed by atoms with E-state index in [4.69, 9.17) is 11.6 Å². The molecule has 1 nitrogen and oxygen atoms in total. The number of thioether (sulfide) groups is 1. The van der Waals surface area contributed by atoms with E-state index in [1.807, 2.05) is 0 Å². The van der Waals surface area contributed by atoms with Gasteiger partial charge < -0.3 is 0 Å². The lowest BCUT2D eigenvalue weighted by atomic mass is 10.1. The van der Waals surface area contributed by atoms with Gasteiger partial charge in [-0.1, -0.05) is 52.7 Å². The Morgan fingerprint density at radius 1 is 1.17 bits per heavy atom. The van der Waals surface area contributed by atoms with Crippen LogP contribution in [0.15, 0.2) is 35.5 Å². The molecule has 18 heavy (non-hydrogen) atoms. The molecule has 1 aromatic heterocycles. The van der Waals surface area contributed by atoms with E-state index < -0.39 is 0 Å². The summed E-state index contributed by atoms with van der Waals surface area (Å²) in [5.74, 6) is 0.338. The summed E-state index contributed by atoms with van der Waals surface area (Å²) in [5, 5.41) is 0.710. The summed E-state index contributed by atoms with van der Waals surface area (Å²) < 4.78 is 13.5. The average Bonchev–Trinajstić information content (AvgIpc) is 2.26. The molecule has 0 radical (unpaired) electrons. The summed E-state index contributed by atoms with van der Waals surface area (Å²) in [7, 11) is 0. The average molecular weight is 282 g/mol. The van der Waals surface area contributed by atoms with Crippen molar-refractivity contribution in [2.24, 2.45) is 0 Å².